The second-order valence-electron chi connectivity index (χ2n) is 6.76. The minimum atomic E-state index is -0.271. The van der Waals surface area contributed by atoms with Crippen molar-refractivity contribution in [1.82, 2.24) is 20.2 Å². The van der Waals surface area contributed by atoms with E-state index in [1.54, 1.807) is 25.4 Å². The predicted octanol–water partition coefficient (Wildman–Crippen LogP) is 1.41. The van der Waals surface area contributed by atoms with E-state index in [-0.39, 0.29) is 29.7 Å². The Kier molecular flexibility index (Phi) is 5.67. The van der Waals surface area contributed by atoms with E-state index in [1.807, 2.05) is 0 Å². The molecule has 2 aromatic heterocycles. The van der Waals surface area contributed by atoms with Crippen LogP contribution in [0.5, 0.6) is 0 Å². The van der Waals surface area contributed by atoms with E-state index in [0.717, 1.165) is 29.7 Å². The predicted molar refractivity (Wildman–Crippen MR) is 104 cm³/mol. The molecule has 0 radical (unpaired) electrons. The van der Waals surface area contributed by atoms with E-state index in [0.29, 0.717) is 16.5 Å². The highest BCUT2D eigenvalue weighted by Crippen LogP contribution is 2.36. The van der Waals surface area contributed by atoms with Gasteiger partial charge in [-0.3, -0.25) is 14.4 Å². The van der Waals surface area contributed by atoms with E-state index in [9.17, 15) is 14.4 Å². The summed E-state index contributed by atoms with van der Waals surface area (Å²) in [6, 6.07) is 0. The van der Waals surface area contributed by atoms with Gasteiger partial charge in [-0.1, -0.05) is 18.7 Å². The first-order valence-electron chi connectivity index (χ1n) is 8.49. The topological polar surface area (TPSA) is 95.2 Å². The van der Waals surface area contributed by atoms with Crippen molar-refractivity contribution >= 4 is 45.1 Å². The molecule has 2 amide bonds. The first kappa shape index (κ1) is 18.9. The number of amides is 2. The number of aromatic amines is 1. The van der Waals surface area contributed by atoms with Gasteiger partial charge in [0.15, 0.2) is 5.16 Å². The third-order valence-corrected chi connectivity index (χ3v) is 6.44. The highest BCUT2D eigenvalue weighted by atomic mass is 32.2. The minimum absolute atomic E-state index is 0.0365. The smallest absolute Gasteiger partial charge is 0.260 e. The zero-order valence-electron chi connectivity index (χ0n) is 15.0. The fraction of sp³-hybridized carbons (Fsp3) is 0.529. The fourth-order valence-electron chi connectivity index (χ4n) is 2.91. The van der Waals surface area contributed by atoms with Gasteiger partial charge in [-0.05, 0) is 30.7 Å². The van der Waals surface area contributed by atoms with Gasteiger partial charge >= 0.3 is 0 Å². The summed E-state index contributed by atoms with van der Waals surface area (Å²) in [5.74, 6) is 0.288. The second-order valence-corrected chi connectivity index (χ2v) is 8.80. The largest absolute Gasteiger partial charge is 0.347 e. The lowest BCUT2D eigenvalue weighted by Crippen LogP contribution is -2.37. The van der Waals surface area contributed by atoms with Gasteiger partial charge in [-0.25, -0.2) is 4.98 Å². The number of aryl methyl sites for hydroxylation is 1. The van der Waals surface area contributed by atoms with E-state index in [4.69, 9.17) is 0 Å². The molecule has 0 saturated carbocycles. The van der Waals surface area contributed by atoms with Crippen LogP contribution in [0.15, 0.2) is 9.95 Å². The maximum absolute atomic E-state index is 12.5. The zero-order valence-corrected chi connectivity index (χ0v) is 16.7. The molecule has 2 N–H and O–H groups in total. The first-order chi connectivity index (χ1) is 12.3. The summed E-state index contributed by atoms with van der Waals surface area (Å²) >= 11 is 2.76. The van der Waals surface area contributed by atoms with E-state index < -0.39 is 0 Å². The SMILES string of the molecule is C[C@@H]1CCc2c(sc3nc(SCC(=O)NCC(=O)N(C)C)[nH]c(=O)c23)C1. The highest BCUT2D eigenvalue weighted by Gasteiger charge is 2.23. The molecule has 2 aromatic rings. The number of fused-ring (bicyclic) bond motifs is 3. The molecule has 0 unspecified atom stereocenters. The maximum Gasteiger partial charge on any atom is 0.260 e. The lowest BCUT2D eigenvalue weighted by atomic mass is 9.89. The average molecular weight is 395 g/mol. The number of aromatic nitrogens is 2. The Labute approximate surface area is 159 Å². The number of nitrogens with zero attached hydrogens (tertiary/aromatic N) is 2. The Morgan fingerprint density at radius 2 is 2.19 bits per heavy atom. The number of nitrogens with one attached hydrogen (secondary N) is 2. The summed E-state index contributed by atoms with van der Waals surface area (Å²) in [4.78, 5) is 46.6. The van der Waals surface area contributed by atoms with Crippen LogP contribution in [0, 0.1) is 5.92 Å². The molecule has 0 fully saturated rings. The van der Waals surface area contributed by atoms with Crippen LogP contribution in [0.2, 0.25) is 0 Å². The van der Waals surface area contributed by atoms with Crippen LogP contribution in [0.4, 0.5) is 0 Å². The van der Waals surface area contributed by atoms with Crippen LogP contribution in [-0.2, 0) is 22.4 Å². The second kappa shape index (κ2) is 7.79. The zero-order chi connectivity index (χ0) is 18.8. The monoisotopic (exact) mass is 394 g/mol. The van der Waals surface area contributed by atoms with Crippen molar-refractivity contribution in [2.75, 3.05) is 26.4 Å². The first-order valence-corrected chi connectivity index (χ1v) is 10.3. The van der Waals surface area contributed by atoms with Gasteiger partial charge in [0.1, 0.15) is 4.83 Å². The molecular weight excluding hydrogens is 372 g/mol. The number of thioether (sulfide) groups is 1. The highest BCUT2D eigenvalue weighted by molar-refractivity contribution is 7.99. The van der Waals surface area contributed by atoms with Crippen LogP contribution in [0.1, 0.15) is 23.8 Å². The van der Waals surface area contributed by atoms with Crippen molar-refractivity contribution < 1.29 is 9.59 Å². The average Bonchev–Trinajstić information content (AvgIpc) is 2.95. The molecule has 1 aliphatic rings. The molecule has 7 nitrogen and oxygen atoms in total. The van der Waals surface area contributed by atoms with Crippen molar-refractivity contribution in [1.29, 1.82) is 0 Å². The number of thiophene rings is 1. The molecule has 1 atom stereocenters. The maximum atomic E-state index is 12.5. The van der Waals surface area contributed by atoms with Crippen molar-refractivity contribution in [3.8, 4) is 0 Å². The fourth-order valence-corrected chi connectivity index (χ4v) is 5.05. The summed E-state index contributed by atoms with van der Waals surface area (Å²) in [5.41, 5.74) is 1.01. The normalized spacial score (nSPS) is 16.3. The Balaban J connectivity index is 1.69. The van der Waals surface area contributed by atoms with Crippen molar-refractivity contribution in [2.45, 2.75) is 31.3 Å². The van der Waals surface area contributed by atoms with Crippen molar-refractivity contribution in [3.63, 3.8) is 0 Å². The number of rotatable bonds is 5. The summed E-state index contributed by atoms with van der Waals surface area (Å²) in [5, 5.41) is 3.71. The van der Waals surface area contributed by atoms with Crippen LogP contribution in [-0.4, -0.2) is 53.1 Å². The van der Waals surface area contributed by atoms with Gasteiger partial charge in [0, 0.05) is 19.0 Å². The minimum Gasteiger partial charge on any atom is -0.347 e. The van der Waals surface area contributed by atoms with Gasteiger partial charge in [0.05, 0.1) is 17.7 Å². The van der Waals surface area contributed by atoms with Crippen molar-refractivity contribution in [2.24, 2.45) is 5.92 Å². The Bertz CT molecular complexity index is 903. The summed E-state index contributed by atoms with van der Waals surface area (Å²) < 4.78 is 0. The van der Waals surface area contributed by atoms with Gasteiger partial charge in [0.25, 0.3) is 5.56 Å². The molecule has 0 spiro atoms. The Morgan fingerprint density at radius 1 is 1.42 bits per heavy atom. The number of carbonyl (C=O) groups excluding carboxylic acids is 2. The molecule has 9 heteroatoms. The van der Waals surface area contributed by atoms with Crippen LogP contribution in [0.3, 0.4) is 0 Å². The molecule has 0 bridgehead atoms. The van der Waals surface area contributed by atoms with E-state index in [2.05, 4.69) is 22.2 Å². The third-order valence-electron chi connectivity index (χ3n) is 4.42. The number of H-pyrrole nitrogens is 1. The van der Waals surface area contributed by atoms with E-state index in [1.165, 1.54) is 21.5 Å². The molecule has 0 aromatic carbocycles. The van der Waals surface area contributed by atoms with Gasteiger partial charge in [-0.2, -0.15) is 0 Å². The molecule has 1 aliphatic carbocycles. The summed E-state index contributed by atoms with van der Waals surface area (Å²) in [6.07, 6.45) is 3.03. The van der Waals surface area contributed by atoms with Crippen LogP contribution >= 0.6 is 23.1 Å². The molecule has 140 valence electrons. The quantitative estimate of drug-likeness (QED) is 0.591. The molecule has 0 aliphatic heterocycles. The summed E-state index contributed by atoms with van der Waals surface area (Å²) in [6.45, 7) is 2.19. The molecule has 3 rings (SSSR count). The molecule has 2 heterocycles. The Morgan fingerprint density at radius 3 is 2.92 bits per heavy atom. The van der Waals surface area contributed by atoms with Gasteiger partial charge in [-0.15, -0.1) is 11.3 Å². The standard InChI is InChI=1S/C17H22N4O3S2/c1-9-4-5-10-11(6-9)26-16-14(10)15(24)19-17(20-16)25-8-12(22)18-7-13(23)21(2)3/h9H,4-8H2,1-3H3,(H,18,22)(H,19,20,24)/t9-/m1/s1. The summed E-state index contributed by atoms with van der Waals surface area (Å²) in [7, 11) is 3.27. The Hall–Kier alpha value is -1.87. The number of hydrogen-bond acceptors (Lipinski definition) is 6. The molecule has 0 saturated heterocycles. The van der Waals surface area contributed by atoms with E-state index >= 15 is 0 Å². The van der Waals surface area contributed by atoms with Gasteiger partial charge < -0.3 is 15.2 Å². The van der Waals surface area contributed by atoms with Crippen LogP contribution in [0.25, 0.3) is 10.2 Å². The lowest BCUT2D eigenvalue weighted by Gasteiger charge is -2.17. The number of carbonyl (C=O) groups is 2. The molecular formula is C17H22N4O3S2. The lowest BCUT2D eigenvalue weighted by molar-refractivity contribution is -0.130. The van der Waals surface area contributed by atoms with Gasteiger partial charge in [0.2, 0.25) is 11.8 Å². The third kappa shape index (κ3) is 4.09. The number of hydrogen-bond donors (Lipinski definition) is 2. The number of likely N-dealkylation sites (N-methyl/N-ethyl adjacent to an activating group) is 1. The molecule has 26 heavy (non-hydrogen) atoms. The van der Waals surface area contributed by atoms with Crippen molar-refractivity contribution in [3.05, 3.63) is 20.8 Å². The van der Waals surface area contributed by atoms with Crippen LogP contribution < -0.4 is 10.9 Å².